The zero-order valence-corrected chi connectivity index (χ0v) is 13.7. The van der Waals surface area contributed by atoms with Crippen molar-refractivity contribution >= 4 is 31.7 Å². The van der Waals surface area contributed by atoms with Gasteiger partial charge in [-0.15, -0.1) is 0 Å². The molecule has 116 valence electrons. The van der Waals surface area contributed by atoms with E-state index < -0.39 is 21.7 Å². The van der Waals surface area contributed by atoms with Gasteiger partial charge in [0.05, 0.1) is 10.6 Å². The summed E-state index contributed by atoms with van der Waals surface area (Å²) in [7, 11) is -3.88. The van der Waals surface area contributed by atoms with Crippen molar-refractivity contribution in [2.45, 2.75) is 11.8 Å². The average Bonchev–Trinajstić information content (AvgIpc) is 2.48. The fourth-order valence-corrected chi connectivity index (χ4v) is 2.75. The Hall–Kier alpha value is -1.80. The van der Waals surface area contributed by atoms with Gasteiger partial charge in [0.25, 0.3) is 10.0 Å². The second kappa shape index (κ2) is 6.53. The highest BCUT2D eigenvalue weighted by Crippen LogP contribution is 2.15. The van der Waals surface area contributed by atoms with Crippen molar-refractivity contribution in [1.82, 2.24) is 4.83 Å². The Balaban J connectivity index is 2.26. The summed E-state index contributed by atoms with van der Waals surface area (Å²) in [5, 5.41) is 3.63. The third-order valence-electron chi connectivity index (χ3n) is 2.78. The zero-order chi connectivity index (χ0) is 16.3. The Kier molecular flexibility index (Phi) is 4.92. The average molecular weight is 389 g/mol. The largest absolute Gasteiger partial charge is 0.276 e. The number of sulfonamides is 1. The summed E-state index contributed by atoms with van der Waals surface area (Å²) in [6.45, 7) is 1.38. The van der Waals surface area contributed by atoms with Gasteiger partial charge >= 0.3 is 0 Å². The molecule has 0 amide bonds. The molecule has 0 radical (unpaired) electrons. The molecule has 2 rings (SSSR count). The van der Waals surface area contributed by atoms with Crippen LogP contribution in [0.25, 0.3) is 0 Å². The number of halogens is 3. The van der Waals surface area contributed by atoms with Crippen molar-refractivity contribution in [3.05, 3.63) is 64.1 Å². The Morgan fingerprint density at radius 3 is 2.41 bits per heavy atom. The molecule has 0 unspecified atom stereocenters. The quantitative estimate of drug-likeness (QED) is 0.644. The van der Waals surface area contributed by atoms with Gasteiger partial charge in [-0.2, -0.15) is 18.4 Å². The summed E-state index contributed by atoms with van der Waals surface area (Å²) in [6.07, 6.45) is 0. The molecule has 0 aliphatic heterocycles. The minimum atomic E-state index is -3.88. The van der Waals surface area contributed by atoms with Crippen LogP contribution in [0.1, 0.15) is 12.5 Å². The molecule has 0 saturated carbocycles. The molecule has 4 nitrogen and oxygen atoms in total. The van der Waals surface area contributed by atoms with Gasteiger partial charge in [0.2, 0.25) is 0 Å². The van der Waals surface area contributed by atoms with Crippen LogP contribution in [0.3, 0.4) is 0 Å². The maximum atomic E-state index is 13.6. The molecule has 0 bridgehead atoms. The predicted molar refractivity (Wildman–Crippen MR) is 83.0 cm³/mol. The van der Waals surface area contributed by atoms with Crippen LogP contribution in [0.15, 0.2) is 56.9 Å². The highest BCUT2D eigenvalue weighted by atomic mass is 79.9. The first-order valence-corrected chi connectivity index (χ1v) is 8.34. The molecule has 22 heavy (non-hydrogen) atoms. The van der Waals surface area contributed by atoms with Gasteiger partial charge in [0.1, 0.15) is 11.6 Å². The van der Waals surface area contributed by atoms with E-state index in [9.17, 15) is 17.2 Å². The van der Waals surface area contributed by atoms with Crippen molar-refractivity contribution in [2.75, 3.05) is 0 Å². The van der Waals surface area contributed by atoms with Crippen LogP contribution in [-0.4, -0.2) is 14.1 Å². The number of nitrogens with zero attached hydrogens (tertiary/aromatic N) is 1. The lowest BCUT2D eigenvalue weighted by Gasteiger charge is -2.06. The smallest absolute Gasteiger partial charge is 0.207 e. The number of nitrogens with one attached hydrogen (secondary N) is 1. The molecular formula is C14H11BrF2N2O2S. The second-order valence-corrected chi connectivity index (χ2v) is 6.95. The fourth-order valence-electron chi connectivity index (χ4n) is 1.63. The molecule has 2 aromatic rings. The second-order valence-electron chi connectivity index (χ2n) is 4.37. The number of hydrazone groups is 1. The summed E-state index contributed by atoms with van der Waals surface area (Å²) < 4.78 is 51.5. The van der Waals surface area contributed by atoms with Gasteiger partial charge in [-0.3, -0.25) is 0 Å². The highest BCUT2D eigenvalue weighted by Gasteiger charge is 2.14. The Bertz CT molecular complexity index is 821. The maximum absolute atomic E-state index is 13.6. The van der Waals surface area contributed by atoms with Gasteiger partial charge in [-0.05, 0) is 49.4 Å². The Morgan fingerprint density at radius 2 is 1.77 bits per heavy atom. The first-order valence-electron chi connectivity index (χ1n) is 6.07. The standard InChI is InChI=1S/C14H11BrF2N2O2S/c1-9(13-8-11(16)4-7-14(13)17)18-19-22(20,21)12-5-2-10(15)3-6-12/h2-8,19H,1H3/b18-9-. The number of hydrogen-bond donors (Lipinski definition) is 1. The Labute approximate surface area is 135 Å². The zero-order valence-electron chi connectivity index (χ0n) is 11.3. The SMILES string of the molecule is C/C(=N/NS(=O)(=O)c1ccc(Br)cc1)c1cc(F)ccc1F. The molecule has 0 heterocycles. The molecule has 0 aliphatic rings. The predicted octanol–water partition coefficient (Wildman–Crippen LogP) is 3.43. The Morgan fingerprint density at radius 1 is 1.14 bits per heavy atom. The molecule has 0 spiro atoms. The van der Waals surface area contributed by atoms with E-state index in [0.29, 0.717) is 0 Å². The van der Waals surface area contributed by atoms with Crippen LogP contribution in [-0.2, 0) is 10.0 Å². The van der Waals surface area contributed by atoms with Crippen LogP contribution in [0, 0.1) is 11.6 Å². The van der Waals surface area contributed by atoms with E-state index in [2.05, 4.69) is 21.0 Å². The topological polar surface area (TPSA) is 58.5 Å². The molecule has 0 atom stereocenters. The van der Waals surface area contributed by atoms with Crippen LogP contribution in [0.2, 0.25) is 0 Å². The van der Waals surface area contributed by atoms with E-state index in [1.165, 1.54) is 19.1 Å². The maximum Gasteiger partial charge on any atom is 0.276 e. The number of benzene rings is 2. The summed E-state index contributed by atoms with van der Waals surface area (Å²) in [5.74, 6) is -1.33. The van der Waals surface area contributed by atoms with Gasteiger partial charge in [-0.1, -0.05) is 15.9 Å². The van der Waals surface area contributed by atoms with E-state index in [1.54, 1.807) is 12.1 Å². The van der Waals surface area contributed by atoms with Crippen LogP contribution < -0.4 is 4.83 Å². The molecule has 0 aromatic heterocycles. The lowest BCUT2D eigenvalue weighted by Crippen LogP contribution is -2.20. The van der Waals surface area contributed by atoms with E-state index >= 15 is 0 Å². The van der Waals surface area contributed by atoms with Gasteiger partial charge < -0.3 is 0 Å². The number of rotatable bonds is 4. The highest BCUT2D eigenvalue weighted by molar-refractivity contribution is 9.10. The summed E-state index contributed by atoms with van der Waals surface area (Å²) in [4.78, 5) is 2.00. The monoisotopic (exact) mass is 388 g/mol. The van der Waals surface area contributed by atoms with Crippen molar-refractivity contribution in [1.29, 1.82) is 0 Å². The van der Waals surface area contributed by atoms with Crippen LogP contribution >= 0.6 is 15.9 Å². The normalized spacial score (nSPS) is 12.3. The van der Waals surface area contributed by atoms with Crippen molar-refractivity contribution in [3.63, 3.8) is 0 Å². The molecule has 8 heteroatoms. The van der Waals surface area contributed by atoms with Crippen LogP contribution in [0.4, 0.5) is 8.78 Å². The fraction of sp³-hybridized carbons (Fsp3) is 0.0714. The van der Waals surface area contributed by atoms with Gasteiger partial charge in [0.15, 0.2) is 0 Å². The molecular weight excluding hydrogens is 378 g/mol. The van der Waals surface area contributed by atoms with Gasteiger partial charge in [0, 0.05) is 10.0 Å². The molecule has 0 fully saturated rings. The third-order valence-corrected chi connectivity index (χ3v) is 4.53. The van der Waals surface area contributed by atoms with Crippen molar-refractivity contribution in [3.8, 4) is 0 Å². The van der Waals surface area contributed by atoms with Crippen molar-refractivity contribution < 1.29 is 17.2 Å². The first-order chi connectivity index (χ1) is 10.3. The summed E-state index contributed by atoms with van der Waals surface area (Å²) in [5.41, 5.74) is -0.101. The lowest BCUT2D eigenvalue weighted by molar-refractivity contribution is 0.584. The molecule has 0 aliphatic carbocycles. The van der Waals surface area contributed by atoms with Crippen LogP contribution in [0.5, 0.6) is 0 Å². The van der Waals surface area contributed by atoms with E-state index in [-0.39, 0.29) is 16.2 Å². The van der Waals surface area contributed by atoms with Crippen molar-refractivity contribution in [2.24, 2.45) is 5.10 Å². The molecule has 2 aromatic carbocycles. The summed E-state index contributed by atoms with van der Waals surface area (Å²) in [6, 6.07) is 8.78. The molecule has 1 N–H and O–H groups in total. The van der Waals surface area contributed by atoms with Gasteiger partial charge in [-0.25, -0.2) is 8.78 Å². The summed E-state index contributed by atoms with van der Waals surface area (Å²) >= 11 is 3.20. The third kappa shape index (κ3) is 3.89. The minimum absolute atomic E-state index is 0.00645. The van der Waals surface area contributed by atoms with E-state index in [1.807, 2.05) is 4.83 Å². The first kappa shape index (κ1) is 16.6. The lowest BCUT2D eigenvalue weighted by atomic mass is 10.1. The van der Waals surface area contributed by atoms with E-state index in [0.717, 1.165) is 22.7 Å². The molecule has 0 saturated heterocycles. The van der Waals surface area contributed by atoms with E-state index in [4.69, 9.17) is 0 Å². The number of hydrogen-bond acceptors (Lipinski definition) is 3. The minimum Gasteiger partial charge on any atom is -0.207 e.